The molecule has 2 N–H and O–H groups in total. The van der Waals surface area contributed by atoms with Gasteiger partial charge in [0.15, 0.2) is 0 Å². The van der Waals surface area contributed by atoms with Crippen molar-refractivity contribution in [3.63, 3.8) is 0 Å². The molecule has 2 atom stereocenters. The molecule has 0 aliphatic carbocycles. The maximum atomic E-state index is 11.6. The van der Waals surface area contributed by atoms with E-state index in [2.05, 4.69) is 5.32 Å². The third-order valence-corrected chi connectivity index (χ3v) is 2.44. The van der Waals surface area contributed by atoms with Gasteiger partial charge in [-0.1, -0.05) is 27.7 Å². The number of amides is 1. The van der Waals surface area contributed by atoms with Crippen LogP contribution < -0.4 is 5.32 Å². The Kier molecular flexibility index (Phi) is 5.84. The summed E-state index contributed by atoms with van der Waals surface area (Å²) in [6, 6.07) is -0.936. The lowest BCUT2D eigenvalue weighted by Crippen LogP contribution is -2.47. The molecule has 0 spiro atoms. The van der Waals surface area contributed by atoms with Crippen molar-refractivity contribution in [1.82, 2.24) is 5.32 Å². The first-order valence-corrected chi connectivity index (χ1v) is 6.54. The van der Waals surface area contributed by atoms with Crippen molar-refractivity contribution in [1.29, 1.82) is 0 Å². The Morgan fingerprint density at radius 2 is 1.63 bits per heavy atom. The van der Waals surface area contributed by atoms with E-state index < -0.39 is 23.7 Å². The number of aliphatic carboxylic acids is 1. The zero-order valence-electron chi connectivity index (χ0n) is 13.0. The van der Waals surface area contributed by atoms with E-state index in [9.17, 15) is 14.7 Å². The number of carbonyl (C=O) groups is 2. The number of alkyl carbamates (subject to hydrolysis) is 1. The predicted octanol–water partition coefficient (Wildman–Crippen LogP) is 3.04. The Morgan fingerprint density at radius 3 is 1.95 bits per heavy atom. The third kappa shape index (κ3) is 8.46. The fourth-order valence-electron chi connectivity index (χ4n) is 1.97. The van der Waals surface area contributed by atoms with Crippen molar-refractivity contribution in [3.05, 3.63) is 0 Å². The molecule has 0 aliphatic heterocycles. The second-order valence-corrected chi connectivity index (χ2v) is 7.20. The highest BCUT2D eigenvalue weighted by atomic mass is 16.6. The van der Waals surface area contributed by atoms with E-state index >= 15 is 0 Å². The van der Waals surface area contributed by atoms with Crippen LogP contribution in [-0.4, -0.2) is 28.8 Å². The third-order valence-electron chi connectivity index (χ3n) is 2.44. The topological polar surface area (TPSA) is 75.6 Å². The van der Waals surface area contributed by atoms with Crippen LogP contribution in [0.4, 0.5) is 4.79 Å². The van der Waals surface area contributed by atoms with Crippen molar-refractivity contribution < 1.29 is 19.4 Å². The van der Waals surface area contributed by atoms with Crippen LogP contribution in [0.25, 0.3) is 0 Å². The van der Waals surface area contributed by atoms with Crippen LogP contribution in [0.5, 0.6) is 0 Å². The Bertz CT molecular complexity index is 325. The fraction of sp³-hybridized carbons (Fsp3) is 0.857. The van der Waals surface area contributed by atoms with Crippen LogP contribution in [0, 0.1) is 11.3 Å². The normalized spacial score (nSPS) is 15.5. The predicted molar refractivity (Wildman–Crippen MR) is 74.0 cm³/mol. The molecule has 5 heteroatoms. The molecule has 0 saturated heterocycles. The highest BCUT2D eigenvalue weighted by Crippen LogP contribution is 2.26. The van der Waals surface area contributed by atoms with Crippen molar-refractivity contribution in [3.8, 4) is 0 Å². The summed E-state index contributed by atoms with van der Waals surface area (Å²) in [6.07, 6.45) is 0.000377. The van der Waals surface area contributed by atoms with Crippen molar-refractivity contribution in [2.75, 3.05) is 0 Å². The molecule has 0 aromatic carbocycles. The van der Waals surface area contributed by atoms with Crippen molar-refractivity contribution >= 4 is 12.1 Å². The number of hydrogen-bond acceptors (Lipinski definition) is 3. The molecule has 0 aliphatic rings. The summed E-state index contributed by atoms with van der Waals surface area (Å²) in [5.74, 6) is -1.22. The number of carboxylic acids is 1. The molecule has 0 radical (unpaired) electrons. The van der Waals surface area contributed by atoms with E-state index in [4.69, 9.17) is 4.74 Å². The smallest absolute Gasteiger partial charge is 0.408 e. The van der Waals surface area contributed by atoms with E-state index in [-0.39, 0.29) is 11.3 Å². The minimum Gasteiger partial charge on any atom is -0.480 e. The SMILES string of the molecule is CC(CC(C)(C)C)[C@H](NC(=O)OC(C)(C)C)C(=O)O. The minimum atomic E-state index is -1.04. The van der Waals surface area contributed by atoms with E-state index in [1.54, 1.807) is 20.8 Å². The first-order valence-electron chi connectivity index (χ1n) is 6.54. The second-order valence-electron chi connectivity index (χ2n) is 7.20. The Balaban J connectivity index is 4.67. The Labute approximate surface area is 115 Å². The number of carboxylic acid groups (broad SMARTS) is 1. The molecule has 112 valence electrons. The molecule has 1 amide bonds. The number of ether oxygens (including phenoxy) is 1. The molecule has 0 fully saturated rings. The van der Waals surface area contributed by atoms with Crippen LogP contribution in [-0.2, 0) is 9.53 Å². The Hall–Kier alpha value is -1.26. The molecule has 5 nitrogen and oxygen atoms in total. The number of rotatable bonds is 4. The molecule has 19 heavy (non-hydrogen) atoms. The molecule has 0 aromatic rings. The molecular weight excluding hydrogens is 246 g/mol. The molecule has 1 unspecified atom stereocenters. The van der Waals surface area contributed by atoms with Gasteiger partial charge in [0.2, 0.25) is 0 Å². The maximum absolute atomic E-state index is 11.6. The van der Waals surface area contributed by atoms with Crippen LogP contribution >= 0.6 is 0 Å². The molecule has 0 saturated carbocycles. The van der Waals surface area contributed by atoms with Gasteiger partial charge in [-0.3, -0.25) is 0 Å². The lowest BCUT2D eigenvalue weighted by atomic mass is 9.82. The van der Waals surface area contributed by atoms with Gasteiger partial charge < -0.3 is 15.2 Å². The lowest BCUT2D eigenvalue weighted by Gasteiger charge is -2.29. The first-order chi connectivity index (χ1) is 8.32. The molecule has 0 aromatic heterocycles. The summed E-state index contributed by atoms with van der Waals surface area (Å²) in [6.45, 7) is 13.1. The highest BCUT2D eigenvalue weighted by Gasteiger charge is 2.31. The maximum Gasteiger partial charge on any atom is 0.408 e. The quantitative estimate of drug-likeness (QED) is 0.825. The van der Waals surface area contributed by atoms with Gasteiger partial charge in [0.1, 0.15) is 11.6 Å². The van der Waals surface area contributed by atoms with E-state index in [0.29, 0.717) is 6.42 Å². The van der Waals surface area contributed by atoms with Gasteiger partial charge >= 0.3 is 12.1 Å². The summed E-state index contributed by atoms with van der Waals surface area (Å²) >= 11 is 0. The summed E-state index contributed by atoms with van der Waals surface area (Å²) in [5.41, 5.74) is -0.636. The van der Waals surface area contributed by atoms with Crippen LogP contribution in [0.1, 0.15) is 54.9 Å². The van der Waals surface area contributed by atoms with E-state index in [0.717, 1.165) is 0 Å². The largest absolute Gasteiger partial charge is 0.480 e. The van der Waals surface area contributed by atoms with Gasteiger partial charge in [-0.2, -0.15) is 0 Å². The highest BCUT2D eigenvalue weighted by molar-refractivity contribution is 5.80. The first kappa shape index (κ1) is 17.7. The van der Waals surface area contributed by atoms with Gasteiger partial charge in [-0.25, -0.2) is 9.59 Å². The Morgan fingerprint density at radius 1 is 1.16 bits per heavy atom. The monoisotopic (exact) mass is 273 g/mol. The zero-order chi connectivity index (χ0) is 15.4. The van der Waals surface area contributed by atoms with Gasteiger partial charge in [-0.05, 0) is 38.5 Å². The summed E-state index contributed by atoms with van der Waals surface area (Å²) in [5, 5.41) is 11.7. The molecule has 0 rings (SSSR count). The summed E-state index contributed by atoms with van der Waals surface area (Å²) in [7, 11) is 0. The molecule has 0 bridgehead atoms. The lowest BCUT2D eigenvalue weighted by molar-refractivity contribution is -0.141. The fourth-order valence-corrected chi connectivity index (χ4v) is 1.97. The van der Waals surface area contributed by atoms with Crippen LogP contribution in [0.15, 0.2) is 0 Å². The number of nitrogens with one attached hydrogen (secondary N) is 1. The molecule has 0 heterocycles. The van der Waals surface area contributed by atoms with Gasteiger partial charge in [0, 0.05) is 0 Å². The van der Waals surface area contributed by atoms with Crippen LogP contribution in [0.3, 0.4) is 0 Å². The zero-order valence-corrected chi connectivity index (χ0v) is 13.0. The number of hydrogen-bond donors (Lipinski definition) is 2. The molecular formula is C14H27NO4. The summed E-state index contributed by atoms with van der Waals surface area (Å²) in [4.78, 5) is 22.9. The minimum absolute atomic E-state index is 0.00271. The van der Waals surface area contributed by atoms with Gasteiger partial charge in [-0.15, -0.1) is 0 Å². The van der Waals surface area contributed by atoms with Crippen molar-refractivity contribution in [2.24, 2.45) is 11.3 Å². The summed E-state index contributed by atoms with van der Waals surface area (Å²) < 4.78 is 5.09. The van der Waals surface area contributed by atoms with Crippen molar-refractivity contribution in [2.45, 2.75) is 66.5 Å². The average Bonchev–Trinajstić information content (AvgIpc) is 2.07. The van der Waals surface area contributed by atoms with E-state index in [1.807, 2.05) is 27.7 Å². The van der Waals surface area contributed by atoms with Crippen LogP contribution in [0.2, 0.25) is 0 Å². The number of carbonyl (C=O) groups excluding carboxylic acids is 1. The second kappa shape index (κ2) is 6.26. The van der Waals surface area contributed by atoms with E-state index in [1.165, 1.54) is 0 Å². The standard InChI is InChI=1S/C14H27NO4/c1-9(8-13(2,3)4)10(11(16)17)15-12(18)19-14(5,6)7/h9-10H,8H2,1-7H3,(H,15,18)(H,16,17)/t9?,10-/m0/s1. The van der Waals surface area contributed by atoms with Gasteiger partial charge in [0.25, 0.3) is 0 Å². The van der Waals surface area contributed by atoms with Gasteiger partial charge in [0.05, 0.1) is 0 Å². The average molecular weight is 273 g/mol.